The minimum absolute atomic E-state index is 0.320. The summed E-state index contributed by atoms with van der Waals surface area (Å²) in [4.78, 5) is 17.7. The molecule has 1 amide bonds. The first-order chi connectivity index (χ1) is 16.2. The van der Waals surface area contributed by atoms with E-state index in [9.17, 15) is 4.79 Å². The minimum Gasteiger partial charge on any atom is -0.493 e. The summed E-state index contributed by atoms with van der Waals surface area (Å²) < 4.78 is 10.9. The Morgan fingerprint density at radius 3 is 2.61 bits per heavy atom. The van der Waals surface area contributed by atoms with Gasteiger partial charge in [0.15, 0.2) is 11.5 Å². The molecule has 1 N–H and O–H groups in total. The van der Waals surface area contributed by atoms with Gasteiger partial charge in [-0.15, -0.1) is 0 Å². The lowest BCUT2D eigenvalue weighted by Crippen LogP contribution is -2.18. The van der Waals surface area contributed by atoms with E-state index in [2.05, 4.69) is 17.1 Å². The molecule has 6 nitrogen and oxygen atoms in total. The number of benzene rings is 3. The van der Waals surface area contributed by atoms with Crippen molar-refractivity contribution >= 4 is 23.0 Å². The van der Waals surface area contributed by atoms with Crippen LogP contribution in [-0.4, -0.2) is 30.8 Å². The largest absolute Gasteiger partial charge is 0.493 e. The standard InChI is InChI=1S/C27H23N3O3/c1-3-15-33-25-14-13-19(16-26(25)32-2)18-28-30-27(31)22-17-24(20-9-5-4-6-10-20)29-23-12-8-7-11-21(22)23/h3-14,16-18H,1,15H2,2H3,(H,30,31)/b28-18+. The van der Waals surface area contributed by atoms with Crippen LogP contribution >= 0.6 is 0 Å². The monoisotopic (exact) mass is 437 g/mol. The Morgan fingerprint density at radius 1 is 1.03 bits per heavy atom. The molecule has 4 rings (SSSR count). The fourth-order valence-corrected chi connectivity index (χ4v) is 3.38. The number of methoxy groups -OCH3 is 1. The van der Waals surface area contributed by atoms with Crippen LogP contribution in [0.4, 0.5) is 0 Å². The third-order valence-electron chi connectivity index (χ3n) is 4.95. The molecule has 0 saturated carbocycles. The molecule has 0 atom stereocenters. The summed E-state index contributed by atoms with van der Waals surface area (Å²) in [6.45, 7) is 4.02. The fraction of sp³-hybridized carbons (Fsp3) is 0.0741. The van der Waals surface area contributed by atoms with Crippen LogP contribution in [-0.2, 0) is 0 Å². The summed E-state index contributed by atoms with van der Waals surface area (Å²) >= 11 is 0. The predicted octanol–water partition coefficient (Wildman–Crippen LogP) is 5.24. The second-order valence-electron chi connectivity index (χ2n) is 7.15. The number of aromatic nitrogens is 1. The Balaban J connectivity index is 1.58. The van der Waals surface area contributed by atoms with Crippen molar-refractivity contribution in [2.45, 2.75) is 0 Å². The quantitative estimate of drug-likeness (QED) is 0.232. The average Bonchev–Trinajstić information content (AvgIpc) is 2.87. The molecule has 0 radical (unpaired) electrons. The summed E-state index contributed by atoms with van der Waals surface area (Å²) in [6, 6.07) is 24.5. The highest BCUT2D eigenvalue weighted by Crippen LogP contribution is 2.28. The molecule has 0 saturated heterocycles. The van der Waals surface area contributed by atoms with Crippen LogP contribution in [0.1, 0.15) is 15.9 Å². The van der Waals surface area contributed by atoms with Crippen LogP contribution in [0.25, 0.3) is 22.2 Å². The van der Waals surface area contributed by atoms with Crippen LogP contribution in [0.5, 0.6) is 11.5 Å². The van der Waals surface area contributed by atoms with E-state index in [1.807, 2.05) is 60.7 Å². The van der Waals surface area contributed by atoms with Crippen LogP contribution < -0.4 is 14.9 Å². The molecule has 0 aliphatic carbocycles. The van der Waals surface area contributed by atoms with Gasteiger partial charge < -0.3 is 9.47 Å². The number of nitrogens with zero attached hydrogens (tertiary/aromatic N) is 2. The summed E-state index contributed by atoms with van der Waals surface area (Å²) in [5.74, 6) is 0.856. The van der Waals surface area contributed by atoms with Crippen molar-refractivity contribution in [3.63, 3.8) is 0 Å². The SMILES string of the molecule is C=CCOc1ccc(/C=N/NC(=O)c2cc(-c3ccccc3)nc3ccccc23)cc1OC. The van der Waals surface area contributed by atoms with Gasteiger partial charge in [0.05, 0.1) is 30.1 Å². The van der Waals surface area contributed by atoms with E-state index in [4.69, 9.17) is 14.5 Å². The molecule has 6 heteroatoms. The highest BCUT2D eigenvalue weighted by molar-refractivity contribution is 6.07. The van der Waals surface area contributed by atoms with E-state index in [0.29, 0.717) is 23.7 Å². The van der Waals surface area contributed by atoms with Crippen LogP contribution in [0.2, 0.25) is 0 Å². The predicted molar refractivity (Wildman–Crippen MR) is 131 cm³/mol. The normalized spacial score (nSPS) is 10.8. The van der Waals surface area contributed by atoms with Crippen molar-refractivity contribution in [3.05, 3.63) is 103 Å². The summed E-state index contributed by atoms with van der Waals surface area (Å²) in [5.41, 5.74) is 6.28. The summed E-state index contributed by atoms with van der Waals surface area (Å²) in [7, 11) is 1.57. The second-order valence-corrected chi connectivity index (χ2v) is 7.15. The zero-order chi connectivity index (χ0) is 23.0. The van der Waals surface area contributed by atoms with E-state index in [-0.39, 0.29) is 5.91 Å². The van der Waals surface area contributed by atoms with E-state index in [0.717, 1.165) is 27.7 Å². The van der Waals surface area contributed by atoms with Gasteiger partial charge in [0.1, 0.15) is 6.61 Å². The van der Waals surface area contributed by atoms with Gasteiger partial charge in [0.25, 0.3) is 5.91 Å². The number of carbonyl (C=O) groups excluding carboxylic acids is 1. The lowest BCUT2D eigenvalue weighted by atomic mass is 10.0. The van der Waals surface area contributed by atoms with E-state index < -0.39 is 0 Å². The van der Waals surface area contributed by atoms with Crippen LogP contribution in [0, 0.1) is 0 Å². The third kappa shape index (κ3) is 5.07. The van der Waals surface area contributed by atoms with Crippen molar-refractivity contribution < 1.29 is 14.3 Å². The smallest absolute Gasteiger partial charge is 0.272 e. The number of pyridine rings is 1. The maximum atomic E-state index is 13.0. The Labute approximate surface area is 192 Å². The first kappa shape index (κ1) is 21.8. The molecule has 33 heavy (non-hydrogen) atoms. The molecule has 164 valence electrons. The molecule has 0 bridgehead atoms. The van der Waals surface area contributed by atoms with Crippen molar-refractivity contribution in [3.8, 4) is 22.8 Å². The number of nitrogens with one attached hydrogen (secondary N) is 1. The fourth-order valence-electron chi connectivity index (χ4n) is 3.38. The Bertz CT molecular complexity index is 1320. The number of ether oxygens (including phenoxy) is 2. The van der Waals surface area contributed by atoms with Gasteiger partial charge in [-0.25, -0.2) is 10.4 Å². The van der Waals surface area contributed by atoms with Gasteiger partial charge in [-0.05, 0) is 35.9 Å². The second kappa shape index (κ2) is 10.2. The van der Waals surface area contributed by atoms with Crippen molar-refractivity contribution in [2.24, 2.45) is 5.10 Å². The number of para-hydroxylation sites is 1. The molecule has 3 aromatic carbocycles. The zero-order valence-electron chi connectivity index (χ0n) is 18.2. The van der Waals surface area contributed by atoms with Gasteiger partial charge >= 0.3 is 0 Å². The van der Waals surface area contributed by atoms with E-state index >= 15 is 0 Å². The summed E-state index contributed by atoms with van der Waals surface area (Å²) in [5, 5.41) is 4.90. The molecule has 1 heterocycles. The summed E-state index contributed by atoms with van der Waals surface area (Å²) in [6.07, 6.45) is 3.22. The minimum atomic E-state index is -0.320. The number of amides is 1. The van der Waals surface area contributed by atoms with Crippen LogP contribution in [0.3, 0.4) is 0 Å². The Hall–Kier alpha value is -4.45. The molecule has 1 aromatic heterocycles. The molecule has 0 fully saturated rings. The average molecular weight is 437 g/mol. The van der Waals surface area contributed by atoms with E-state index in [1.54, 1.807) is 37.6 Å². The number of fused-ring (bicyclic) bond motifs is 1. The molecule has 0 spiro atoms. The van der Waals surface area contributed by atoms with Gasteiger partial charge in [-0.3, -0.25) is 4.79 Å². The number of hydrazone groups is 1. The highest BCUT2D eigenvalue weighted by Gasteiger charge is 2.13. The molecular formula is C27H23N3O3. The van der Waals surface area contributed by atoms with E-state index in [1.165, 1.54) is 0 Å². The van der Waals surface area contributed by atoms with Gasteiger partial charge in [-0.1, -0.05) is 61.2 Å². The first-order valence-electron chi connectivity index (χ1n) is 10.4. The van der Waals surface area contributed by atoms with Gasteiger partial charge in [0.2, 0.25) is 0 Å². The highest BCUT2D eigenvalue weighted by atomic mass is 16.5. The lowest BCUT2D eigenvalue weighted by Gasteiger charge is -2.10. The molecule has 0 aliphatic rings. The number of hydrogen-bond acceptors (Lipinski definition) is 5. The Morgan fingerprint density at radius 2 is 1.82 bits per heavy atom. The lowest BCUT2D eigenvalue weighted by molar-refractivity contribution is 0.0956. The topological polar surface area (TPSA) is 72.8 Å². The Kier molecular flexibility index (Phi) is 6.75. The number of carbonyl (C=O) groups is 1. The van der Waals surface area contributed by atoms with Gasteiger partial charge in [0, 0.05) is 10.9 Å². The molecule has 4 aromatic rings. The maximum absolute atomic E-state index is 13.0. The zero-order valence-corrected chi connectivity index (χ0v) is 18.2. The number of rotatable bonds is 8. The molecular weight excluding hydrogens is 414 g/mol. The van der Waals surface area contributed by atoms with Crippen molar-refractivity contribution in [2.75, 3.05) is 13.7 Å². The van der Waals surface area contributed by atoms with Crippen molar-refractivity contribution in [1.82, 2.24) is 10.4 Å². The maximum Gasteiger partial charge on any atom is 0.272 e. The first-order valence-corrected chi connectivity index (χ1v) is 10.4. The van der Waals surface area contributed by atoms with Gasteiger partial charge in [-0.2, -0.15) is 5.10 Å². The van der Waals surface area contributed by atoms with Crippen molar-refractivity contribution in [1.29, 1.82) is 0 Å². The molecule has 0 unspecified atom stereocenters. The number of hydrogen-bond donors (Lipinski definition) is 1. The van der Waals surface area contributed by atoms with Crippen LogP contribution in [0.15, 0.2) is 96.6 Å². The molecule has 0 aliphatic heterocycles. The third-order valence-corrected chi connectivity index (χ3v) is 4.95.